The first-order chi connectivity index (χ1) is 22.5. The van der Waals surface area contributed by atoms with Crippen molar-refractivity contribution in [1.82, 2.24) is 9.97 Å². The molecule has 10 rings (SSSR count). The number of aromatic nitrogens is 2. The van der Waals surface area contributed by atoms with Crippen molar-refractivity contribution in [3.8, 4) is 44.9 Å². The molecule has 7 aromatic rings. The second-order valence-corrected chi connectivity index (χ2v) is 15.1. The van der Waals surface area contributed by atoms with Gasteiger partial charge in [-0.15, -0.1) is 11.3 Å². The highest BCUT2D eigenvalue weighted by atomic mass is 32.1. The molecular formula is C43H34N2S. The lowest BCUT2D eigenvalue weighted by Gasteiger charge is -2.36. The molecule has 1 fully saturated rings. The molecule has 0 saturated heterocycles. The third-order valence-corrected chi connectivity index (χ3v) is 12.4. The van der Waals surface area contributed by atoms with Crippen LogP contribution in [0.15, 0.2) is 109 Å². The SMILES string of the molecule is CC1(C)c2ccc(-c3nc(-c4ccccc4)c4c(n3)sc3ccccc34)cc2-c2cc3c(cc21)-c1ccccc1C31CCCCC1. The summed E-state index contributed by atoms with van der Waals surface area (Å²) in [5, 5.41) is 2.38. The maximum atomic E-state index is 5.33. The van der Waals surface area contributed by atoms with Gasteiger partial charge in [0.1, 0.15) is 4.83 Å². The summed E-state index contributed by atoms with van der Waals surface area (Å²) in [5.41, 5.74) is 14.9. The van der Waals surface area contributed by atoms with Crippen molar-refractivity contribution in [3.05, 3.63) is 131 Å². The topological polar surface area (TPSA) is 25.8 Å². The van der Waals surface area contributed by atoms with Gasteiger partial charge in [0, 0.05) is 37.4 Å². The Morgan fingerprint density at radius 3 is 2.15 bits per heavy atom. The van der Waals surface area contributed by atoms with Crippen molar-refractivity contribution >= 4 is 31.6 Å². The van der Waals surface area contributed by atoms with Crippen LogP contribution in [-0.4, -0.2) is 9.97 Å². The Kier molecular flexibility index (Phi) is 5.47. The third-order valence-electron chi connectivity index (χ3n) is 11.3. The normalized spacial score (nSPS) is 16.8. The largest absolute Gasteiger partial charge is 0.227 e. The smallest absolute Gasteiger partial charge is 0.161 e. The molecule has 222 valence electrons. The van der Waals surface area contributed by atoms with Crippen molar-refractivity contribution in [2.75, 3.05) is 0 Å². The number of rotatable bonds is 2. The zero-order chi connectivity index (χ0) is 30.6. The molecule has 3 aliphatic rings. The fraction of sp³-hybridized carbons (Fsp3) is 0.209. The lowest BCUT2D eigenvalue weighted by Crippen LogP contribution is -2.28. The van der Waals surface area contributed by atoms with E-state index in [0.717, 1.165) is 32.9 Å². The molecule has 0 N–H and O–H groups in total. The van der Waals surface area contributed by atoms with Gasteiger partial charge in [-0.3, -0.25) is 0 Å². The van der Waals surface area contributed by atoms with E-state index < -0.39 is 0 Å². The quantitative estimate of drug-likeness (QED) is 0.195. The zero-order valence-electron chi connectivity index (χ0n) is 26.2. The van der Waals surface area contributed by atoms with E-state index in [9.17, 15) is 0 Å². The van der Waals surface area contributed by atoms with Gasteiger partial charge in [0.15, 0.2) is 5.82 Å². The fourth-order valence-electron chi connectivity index (χ4n) is 9.09. The third kappa shape index (κ3) is 3.52. The number of fused-ring (bicyclic) bond motifs is 11. The van der Waals surface area contributed by atoms with Gasteiger partial charge >= 0.3 is 0 Å². The van der Waals surface area contributed by atoms with Crippen molar-refractivity contribution in [2.24, 2.45) is 0 Å². The van der Waals surface area contributed by atoms with E-state index in [1.54, 1.807) is 22.5 Å². The number of thiophene rings is 1. The summed E-state index contributed by atoms with van der Waals surface area (Å²) in [7, 11) is 0. The van der Waals surface area contributed by atoms with Crippen LogP contribution in [0.5, 0.6) is 0 Å². The molecule has 3 aliphatic carbocycles. The number of hydrogen-bond acceptors (Lipinski definition) is 3. The molecule has 0 radical (unpaired) electrons. The molecule has 0 amide bonds. The minimum atomic E-state index is -0.0824. The van der Waals surface area contributed by atoms with Crippen molar-refractivity contribution in [2.45, 2.75) is 56.8 Å². The zero-order valence-corrected chi connectivity index (χ0v) is 27.0. The lowest BCUT2D eigenvalue weighted by molar-refractivity contribution is 0.353. The summed E-state index contributed by atoms with van der Waals surface area (Å²) in [4.78, 5) is 11.6. The highest BCUT2D eigenvalue weighted by molar-refractivity contribution is 7.25. The lowest BCUT2D eigenvalue weighted by atomic mass is 9.67. The molecule has 1 saturated carbocycles. The Morgan fingerprint density at radius 1 is 0.565 bits per heavy atom. The molecule has 3 heteroatoms. The van der Waals surface area contributed by atoms with Crippen LogP contribution in [0.3, 0.4) is 0 Å². The molecule has 0 atom stereocenters. The van der Waals surface area contributed by atoms with Gasteiger partial charge in [0.25, 0.3) is 0 Å². The minimum Gasteiger partial charge on any atom is -0.227 e. The van der Waals surface area contributed by atoms with Crippen LogP contribution in [0.25, 0.3) is 65.2 Å². The highest BCUT2D eigenvalue weighted by Crippen LogP contribution is 2.60. The van der Waals surface area contributed by atoms with E-state index in [0.29, 0.717) is 0 Å². The first kappa shape index (κ1) is 26.6. The van der Waals surface area contributed by atoms with Crippen LogP contribution in [0.2, 0.25) is 0 Å². The van der Waals surface area contributed by atoms with Crippen LogP contribution in [0.4, 0.5) is 0 Å². The second-order valence-electron chi connectivity index (χ2n) is 14.1. The summed E-state index contributed by atoms with van der Waals surface area (Å²) in [6.45, 7) is 4.79. The summed E-state index contributed by atoms with van der Waals surface area (Å²) >= 11 is 1.76. The number of benzene rings is 5. The van der Waals surface area contributed by atoms with Crippen LogP contribution in [-0.2, 0) is 10.8 Å². The Hall–Kier alpha value is -4.60. The Morgan fingerprint density at radius 2 is 1.28 bits per heavy atom. The first-order valence-electron chi connectivity index (χ1n) is 16.7. The Bertz CT molecular complexity index is 2370. The summed E-state index contributed by atoms with van der Waals surface area (Å²) in [6.07, 6.45) is 6.45. The summed E-state index contributed by atoms with van der Waals surface area (Å²) in [5.74, 6) is 0.796. The maximum absolute atomic E-state index is 5.33. The molecule has 0 aliphatic heterocycles. The minimum absolute atomic E-state index is 0.0824. The standard InChI is InChI=1S/C43H34N2S/c1-42(2)33-20-19-27(40-44-39(26-13-5-3-6-14-26)38-29-16-8-10-18-37(29)46-41(38)45-40)23-30(33)32-25-36-31(24-35(32)42)28-15-7-9-17-34(28)43(36)21-11-4-12-22-43/h3,5-10,13-20,23-25H,4,11-12,21-22H2,1-2H3. The van der Waals surface area contributed by atoms with E-state index in [2.05, 4.69) is 123 Å². The van der Waals surface area contributed by atoms with Gasteiger partial charge in [-0.25, -0.2) is 9.97 Å². The van der Waals surface area contributed by atoms with Gasteiger partial charge in [0.05, 0.1) is 5.69 Å². The van der Waals surface area contributed by atoms with Crippen LogP contribution in [0.1, 0.15) is 68.2 Å². The average molecular weight is 611 g/mol. The number of hydrogen-bond donors (Lipinski definition) is 0. The predicted molar refractivity (Wildman–Crippen MR) is 193 cm³/mol. The summed E-state index contributed by atoms with van der Waals surface area (Å²) in [6, 6.07) is 40.6. The van der Waals surface area contributed by atoms with E-state index >= 15 is 0 Å². The molecule has 2 heterocycles. The Labute approximate surface area is 273 Å². The van der Waals surface area contributed by atoms with Crippen LogP contribution < -0.4 is 0 Å². The second kappa shape index (κ2) is 9.47. The van der Waals surface area contributed by atoms with Gasteiger partial charge < -0.3 is 0 Å². The van der Waals surface area contributed by atoms with E-state index in [4.69, 9.17) is 9.97 Å². The highest BCUT2D eigenvalue weighted by Gasteiger charge is 2.46. The van der Waals surface area contributed by atoms with Crippen LogP contribution in [0, 0.1) is 0 Å². The van der Waals surface area contributed by atoms with Crippen molar-refractivity contribution in [3.63, 3.8) is 0 Å². The van der Waals surface area contributed by atoms with Gasteiger partial charge in [-0.2, -0.15) is 0 Å². The molecular weight excluding hydrogens is 577 g/mol. The monoisotopic (exact) mass is 610 g/mol. The molecule has 1 spiro atoms. The molecule has 2 aromatic heterocycles. The molecule has 0 unspecified atom stereocenters. The molecule has 2 nitrogen and oxygen atoms in total. The molecule has 46 heavy (non-hydrogen) atoms. The average Bonchev–Trinajstić information content (AvgIpc) is 3.68. The van der Waals surface area contributed by atoms with E-state index in [-0.39, 0.29) is 10.8 Å². The van der Waals surface area contributed by atoms with Gasteiger partial charge in [0.2, 0.25) is 0 Å². The van der Waals surface area contributed by atoms with Crippen LogP contribution >= 0.6 is 11.3 Å². The summed E-state index contributed by atoms with van der Waals surface area (Å²) < 4.78 is 1.25. The first-order valence-corrected chi connectivity index (χ1v) is 17.5. The number of nitrogens with zero attached hydrogens (tertiary/aromatic N) is 2. The molecule has 5 aromatic carbocycles. The van der Waals surface area contributed by atoms with Gasteiger partial charge in [-0.1, -0.05) is 118 Å². The Balaban J connectivity index is 1.19. The molecule has 0 bridgehead atoms. The fourth-order valence-corrected chi connectivity index (χ4v) is 10.2. The van der Waals surface area contributed by atoms with Crippen molar-refractivity contribution < 1.29 is 0 Å². The predicted octanol–water partition coefficient (Wildman–Crippen LogP) is 11.7. The van der Waals surface area contributed by atoms with E-state index in [1.807, 2.05) is 0 Å². The maximum Gasteiger partial charge on any atom is 0.161 e. The van der Waals surface area contributed by atoms with Crippen molar-refractivity contribution in [1.29, 1.82) is 0 Å². The van der Waals surface area contributed by atoms with E-state index in [1.165, 1.54) is 75.6 Å². The van der Waals surface area contributed by atoms with Gasteiger partial charge in [-0.05, 0) is 81.6 Å².